The number of hydrogen-bond donors (Lipinski definition) is 2. The summed E-state index contributed by atoms with van der Waals surface area (Å²) in [5.74, 6) is -1.51. The van der Waals surface area contributed by atoms with E-state index in [1.54, 1.807) is 0 Å². The number of morpholine rings is 1. The van der Waals surface area contributed by atoms with Gasteiger partial charge in [-0.2, -0.15) is 4.31 Å². The molecule has 1 aromatic heterocycles. The molecule has 1 aliphatic heterocycles. The zero-order valence-corrected chi connectivity index (χ0v) is 16.6. The van der Waals surface area contributed by atoms with E-state index in [-0.39, 0.29) is 34.4 Å². The molecule has 11 heteroatoms. The van der Waals surface area contributed by atoms with Gasteiger partial charge < -0.3 is 9.84 Å². The third-order valence-electron chi connectivity index (χ3n) is 4.39. The van der Waals surface area contributed by atoms with E-state index in [1.165, 1.54) is 28.6 Å². The van der Waals surface area contributed by atoms with E-state index in [0.29, 0.717) is 23.4 Å². The molecule has 2 N–H and O–H groups in total. The van der Waals surface area contributed by atoms with Gasteiger partial charge in [0.05, 0.1) is 33.9 Å². The Labute approximate surface area is 169 Å². The predicted molar refractivity (Wildman–Crippen MR) is 105 cm³/mol. The second-order valence-electron chi connectivity index (χ2n) is 6.28. The minimum absolute atomic E-state index is 0.103. The molecule has 0 saturated carbocycles. The number of aromatic hydroxyl groups is 1. The molecule has 0 unspecified atom stereocenters. The normalized spacial score (nSPS) is 15.5. The number of carbonyl (C=O) groups excluding carboxylic acids is 1. The molecule has 0 aliphatic carbocycles. The second-order valence-corrected chi connectivity index (χ2v) is 9.25. The summed E-state index contributed by atoms with van der Waals surface area (Å²) in [5.41, 5.74) is 0.310. The zero-order chi connectivity index (χ0) is 20.6. The predicted octanol–water partition coefficient (Wildman–Crippen LogP) is 2.41. The Bertz CT molecular complexity index is 1190. The topological polar surface area (TPSA) is 109 Å². The third-order valence-corrected chi connectivity index (χ3v) is 7.22. The molecule has 0 bridgehead atoms. The van der Waals surface area contributed by atoms with Crippen molar-refractivity contribution >= 4 is 42.6 Å². The first kappa shape index (κ1) is 19.7. The Morgan fingerprint density at radius 3 is 2.72 bits per heavy atom. The maximum atomic E-state index is 13.3. The molecule has 0 atom stereocenters. The summed E-state index contributed by atoms with van der Waals surface area (Å²) in [5, 5.41) is 12.8. The van der Waals surface area contributed by atoms with Gasteiger partial charge in [-0.1, -0.05) is 11.3 Å². The quantitative estimate of drug-likeness (QED) is 0.649. The molecular weight excluding hydrogens is 421 g/mol. The zero-order valence-electron chi connectivity index (χ0n) is 15.0. The van der Waals surface area contributed by atoms with Crippen LogP contribution in [0.3, 0.4) is 0 Å². The Morgan fingerprint density at radius 1 is 1.21 bits per heavy atom. The number of thiazole rings is 1. The Morgan fingerprint density at radius 2 is 1.97 bits per heavy atom. The molecule has 1 amide bonds. The van der Waals surface area contributed by atoms with E-state index in [2.05, 4.69) is 10.3 Å². The first-order valence-electron chi connectivity index (χ1n) is 8.63. The van der Waals surface area contributed by atoms with Crippen molar-refractivity contribution in [3.63, 3.8) is 0 Å². The van der Waals surface area contributed by atoms with E-state index >= 15 is 0 Å². The number of nitrogens with one attached hydrogen (secondary N) is 1. The van der Waals surface area contributed by atoms with Crippen LogP contribution in [0.15, 0.2) is 41.3 Å². The van der Waals surface area contributed by atoms with Gasteiger partial charge >= 0.3 is 0 Å². The van der Waals surface area contributed by atoms with Crippen molar-refractivity contribution in [1.29, 1.82) is 0 Å². The Kier molecular flexibility index (Phi) is 5.21. The number of aromatic nitrogens is 1. The van der Waals surface area contributed by atoms with Crippen molar-refractivity contribution in [1.82, 2.24) is 9.29 Å². The van der Waals surface area contributed by atoms with Crippen LogP contribution in [0.2, 0.25) is 0 Å². The van der Waals surface area contributed by atoms with Crippen LogP contribution < -0.4 is 5.32 Å². The number of nitrogens with zero attached hydrogens (tertiary/aromatic N) is 2. The number of hydrogen-bond acceptors (Lipinski definition) is 7. The summed E-state index contributed by atoms with van der Waals surface area (Å²) in [7, 11) is -3.83. The molecule has 2 heterocycles. The number of anilines is 1. The minimum Gasteiger partial charge on any atom is -0.507 e. The van der Waals surface area contributed by atoms with Crippen LogP contribution in [0.4, 0.5) is 9.52 Å². The first-order valence-corrected chi connectivity index (χ1v) is 10.9. The summed E-state index contributed by atoms with van der Waals surface area (Å²) in [4.78, 5) is 16.7. The lowest BCUT2D eigenvalue weighted by molar-refractivity contribution is 0.0730. The molecule has 0 spiro atoms. The summed E-state index contributed by atoms with van der Waals surface area (Å²) < 4.78 is 45.9. The van der Waals surface area contributed by atoms with Gasteiger partial charge in [-0.3, -0.25) is 10.1 Å². The van der Waals surface area contributed by atoms with Gasteiger partial charge in [0.15, 0.2) is 5.13 Å². The van der Waals surface area contributed by atoms with Crippen molar-refractivity contribution in [2.45, 2.75) is 4.90 Å². The maximum absolute atomic E-state index is 13.3. The van der Waals surface area contributed by atoms with Crippen molar-refractivity contribution in [3.05, 3.63) is 47.8 Å². The van der Waals surface area contributed by atoms with Crippen molar-refractivity contribution < 1.29 is 27.4 Å². The molecule has 4 rings (SSSR count). The largest absolute Gasteiger partial charge is 0.507 e. The highest BCUT2D eigenvalue weighted by Crippen LogP contribution is 2.29. The first-order chi connectivity index (χ1) is 13.8. The van der Waals surface area contributed by atoms with Crippen LogP contribution in [0.5, 0.6) is 5.75 Å². The van der Waals surface area contributed by atoms with Crippen LogP contribution in [-0.2, 0) is 14.8 Å². The lowest BCUT2D eigenvalue weighted by Gasteiger charge is -2.26. The number of benzene rings is 2. The highest BCUT2D eigenvalue weighted by Gasteiger charge is 2.28. The lowest BCUT2D eigenvalue weighted by Crippen LogP contribution is -2.40. The molecule has 0 radical (unpaired) electrons. The standard InChI is InChI=1S/C18H16FN3O5S2/c19-11-1-3-14-16(9-11)28-18(20-14)21-17(24)13-10-12(2-4-15(13)23)29(25,26)22-5-7-27-8-6-22/h1-4,9-10,23H,5-8H2,(H,20,21,24). The average molecular weight is 437 g/mol. The van der Waals surface area contributed by atoms with Gasteiger partial charge in [0.2, 0.25) is 10.0 Å². The molecular formula is C18H16FN3O5S2. The molecule has 1 aliphatic rings. The summed E-state index contributed by atoms with van der Waals surface area (Å²) in [6.45, 7) is 1.02. The maximum Gasteiger partial charge on any atom is 0.261 e. The van der Waals surface area contributed by atoms with Crippen LogP contribution in [0, 0.1) is 5.82 Å². The number of halogens is 1. The number of amides is 1. The molecule has 152 valence electrons. The van der Waals surface area contributed by atoms with E-state index in [4.69, 9.17) is 4.74 Å². The smallest absolute Gasteiger partial charge is 0.261 e. The lowest BCUT2D eigenvalue weighted by atomic mass is 10.2. The Hall–Kier alpha value is -2.60. The molecule has 1 fully saturated rings. The number of sulfonamides is 1. The van der Waals surface area contributed by atoms with Crippen LogP contribution >= 0.6 is 11.3 Å². The van der Waals surface area contributed by atoms with Crippen LogP contribution in [0.25, 0.3) is 10.2 Å². The number of carbonyl (C=O) groups is 1. The van der Waals surface area contributed by atoms with Gasteiger partial charge in [-0.25, -0.2) is 17.8 Å². The molecule has 29 heavy (non-hydrogen) atoms. The fraction of sp³-hybridized carbons (Fsp3) is 0.222. The Balaban J connectivity index is 1.61. The third kappa shape index (κ3) is 3.94. The van der Waals surface area contributed by atoms with Gasteiger partial charge in [-0.15, -0.1) is 0 Å². The van der Waals surface area contributed by atoms with Crippen molar-refractivity contribution in [3.8, 4) is 5.75 Å². The summed E-state index contributed by atoms with van der Waals surface area (Å²) >= 11 is 1.07. The number of phenolic OH excluding ortho intramolecular Hbond substituents is 1. The molecule has 3 aromatic rings. The highest BCUT2D eigenvalue weighted by atomic mass is 32.2. The van der Waals surface area contributed by atoms with E-state index in [1.807, 2.05) is 0 Å². The minimum atomic E-state index is -3.83. The SMILES string of the molecule is O=C(Nc1nc2ccc(F)cc2s1)c1cc(S(=O)(=O)N2CCOCC2)ccc1O. The van der Waals surface area contributed by atoms with Gasteiger partial charge in [0.25, 0.3) is 5.91 Å². The molecule has 2 aromatic carbocycles. The fourth-order valence-corrected chi connectivity index (χ4v) is 5.23. The van der Waals surface area contributed by atoms with Gasteiger partial charge in [0, 0.05) is 13.1 Å². The van der Waals surface area contributed by atoms with E-state index in [0.717, 1.165) is 23.5 Å². The monoisotopic (exact) mass is 437 g/mol. The highest BCUT2D eigenvalue weighted by molar-refractivity contribution is 7.89. The van der Waals surface area contributed by atoms with Crippen LogP contribution in [-0.4, -0.2) is 55.0 Å². The molecule has 1 saturated heterocycles. The van der Waals surface area contributed by atoms with Crippen LogP contribution in [0.1, 0.15) is 10.4 Å². The van der Waals surface area contributed by atoms with Gasteiger partial charge in [0.1, 0.15) is 11.6 Å². The number of fused-ring (bicyclic) bond motifs is 1. The van der Waals surface area contributed by atoms with E-state index < -0.39 is 21.7 Å². The van der Waals surface area contributed by atoms with Crippen molar-refractivity contribution in [2.75, 3.05) is 31.6 Å². The fourth-order valence-electron chi connectivity index (χ4n) is 2.91. The summed E-state index contributed by atoms with van der Waals surface area (Å²) in [6, 6.07) is 7.59. The summed E-state index contributed by atoms with van der Waals surface area (Å²) in [6.07, 6.45) is 0. The average Bonchev–Trinajstić information content (AvgIpc) is 3.10. The van der Waals surface area contributed by atoms with Gasteiger partial charge in [-0.05, 0) is 36.4 Å². The number of rotatable bonds is 4. The number of phenols is 1. The van der Waals surface area contributed by atoms with Crippen molar-refractivity contribution in [2.24, 2.45) is 0 Å². The van der Waals surface area contributed by atoms with E-state index in [9.17, 15) is 22.7 Å². The molecule has 8 nitrogen and oxygen atoms in total. The second kappa shape index (κ2) is 7.67. The number of ether oxygens (including phenoxy) is 1.